The van der Waals surface area contributed by atoms with Gasteiger partial charge in [0, 0.05) is 5.02 Å². The van der Waals surface area contributed by atoms with Crippen LogP contribution in [-0.4, -0.2) is 18.7 Å². The maximum Gasteiger partial charge on any atom is 0.264 e. The van der Waals surface area contributed by atoms with Crippen LogP contribution in [0.4, 0.5) is 0 Å². The van der Waals surface area contributed by atoms with Gasteiger partial charge in [0.15, 0.2) is 0 Å². The molecule has 0 aliphatic carbocycles. The molecule has 0 unspecified atom stereocenters. The summed E-state index contributed by atoms with van der Waals surface area (Å²) in [5.74, 6) is -0.201. The van der Waals surface area contributed by atoms with Gasteiger partial charge in [0.1, 0.15) is 0 Å². The van der Waals surface area contributed by atoms with Crippen molar-refractivity contribution in [1.29, 1.82) is 0 Å². The summed E-state index contributed by atoms with van der Waals surface area (Å²) in [4.78, 5) is 0. The molecule has 0 bridgehead atoms. The zero-order valence-corrected chi connectivity index (χ0v) is 8.72. The van der Waals surface area contributed by atoms with Crippen LogP contribution >= 0.6 is 11.6 Å². The highest BCUT2D eigenvalue weighted by Gasteiger charge is 1.93. The zero-order valence-electron chi connectivity index (χ0n) is 7.14. The molecule has 5 heteroatoms. The number of benzene rings is 1. The van der Waals surface area contributed by atoms with E-state index in [9.17, 15) is 8.42 Å². The molecule has 74 valence electrons. The van der Waals surface area contributed by atoms with E-state index in [1.807, 2.05) is 30.3 Å². The van der Waals surface area contributed by atoms with Gasteiger partial charge in [-0.05, 0) is 19.1 Å². The fourth-order valence-electron chi connectivity index (χ4n) is 0.415. The van der Waals surface area contributed by atoms with E-state index in [0.717, 1.165) is 5.02 Å². The van der Waals surface area contributed by atoms with Gasteiger partial charge >= 0.3 is 0 Å². The maximum atomic E-state index is 9.56. The highest BCUT2D eigenvalue weighted by molar-refractivity contribution is 7.85. The smallest absolute Gasteiger partial charge is 0.264 e. The fraction of sp³-hybridized carbons (Fsp3) is 0.250. The van der Waals surface area contributed by atoms with Gasteiger partial charge in [-0.2, -0.15) is 8.42 Å². The number of hydrogen-bond donors (Lipinski definition) is 1. The third-order valence-electron chi connectivity index (χ3n) is 1.10. The highest BCUT2D eigenvalue weighted by Crippen LogP contribution is 2.03. The monoisotopic (exact) mass is 222 g/mol. The van der Waals surface area contributed by atoms with Crippen molar-refractivity contribution in [3.8, 4) is 0 Å². The third kappa shape index (κ3) is 9.33. The van der Waals surface area contributed by atoms with Crippen LogP contribution in [0.3, 0.4) is 0 Å². The van der Waals surface area contributed by atoms with Crippen molar-refractivity contribution < 1.29 is 13.0 Å². The Morgan fingerprint density at radius 2 is 1.69 bits per heavy atom. The van der Waals surface area contributed by atoms with E-state index in [4.69, 9.17) is 16.2 Å². The molecule has 0 amide bonds. The quantitative estimate of drug-likeness (QED) is 0.742. The first-order valence-electron chi connectivity index (χ1n) is 3.61. The third-order valence-corrected chi connectivity index (χ3v) is 2.08. The molecule has 13 heavy (non-hydrogen) atoms. The Kier molecular flexibility index (Phi) is 5.70. The summed E-state index contributed by atoms with van der Waals surface area (Å²) >= 11 is 5.54. The van der Waals surface area contributed by atoms with E-state index in [1.165, 1.54) is 6.92 Å². The van der Waals surface area contributed by atoms with Crippen molar-refractivity contribution >= 4 is 21.7 Å². The second-order valence-corrected chi connectivity index (χ2v) is 4.34. The molecule has 1 aromatic carbocycles. The Balaban J connectivity index is 0.000000226. The fourth-order valence-corrected chi connectivity index (χ4v) is 0.560. The Hall–Kier alpha value is -0.580. The summed E-state index contributed by atoms with van der Waals surface area (Å²) in [6, 6.07) is 9.44. The van der Waals surface area contributed by atoms with E-state index < -0.39 is 10.1 Å². The van der Waals surface area contributed by atoms with E-state index in [-0.39, 0.29) is 5.75 Å². The van der Waals surface area contributed by atoms with Crippen LogP contribution in [-0.2, 0) is 10.1 Å². The second kappa shape index (κ2) is 5.96. The lowest BCUT2D eigenvalue weighted by Crippen LogP contribution is -1.97. The van der Waals surface area contributed by atoms with Gasteiger partial charge in [-0.1, -0.05) is 29.8 Å². The molecule has 0 aliphatic rings. The Labute approximate surface area is 83.1 Å². The van der Waals surface area contributed by atoms with Crippen molar-refractivity contribution in [3.63, 3.8) is 0 Å². The molecule has 0 aliphatic heterocycles. The standard InChI is InChI=1S/C6H5Cl.C2H6O3S/c7-6-4-2-1-3-5-6;1-2-6(3,4)5/h1-5H;2H2,1H3,(H,3,4,5). The molecule has 0 saturated carbocycles. The molecule has 0 aromatic heterocycles. The molecule has 0 saturated heterocycles. The predicted octanol–water partition coefficient (Wildman–Crippen LogP) is 2.23. The molecular formula is C8H11ClO3S. The van der Waals surface area contributed by atoms with E-state index in [0.29, 0.717) is 0 Å². The first kappa shape index (κ1) is 12.4. The average Bonchev–Trinajstić information content (AvgIpc) is 2.06. The van der Waals surface area contributed by atoms with Crippen molar-refractivity contribution in [3.05, 3.63) is 35.4 Å². The van der Waals surface area contributed by atoms with Crippen molar-refractivity contribution in [2.24, 2.45) is 0 Å². The summed E-state index contributed by atoms with van der Waals surface area (Å²) in [7, 11) is -3.66. The van der Waals surface area contributed by atoms with Crippen molar-refractivity contribution in [2.75, 3.05) is 5.75 Å². The van der Waals surface area contributed by atoms with Gasteiger partial charge in [-0.15, -0.1) is 0 Å². The Bertz CT molecular complexity index is 321. The summed E-state index contributed by atoms with van der Waals surface area (Å²) in [6.07, 6.45) is 0. The minimum atomic E-state index is -3.66. The molecule has 1 rings (SSSR count). The van der Waals surface area contributed by atoms with Crippen LogP contribution in [0.1, 0.15) is 6.92 Å². The molecule has 0 spiro atoms. The van der Waals surface area contributed by atoms with Gasteiger partial charge in [-0.25, -0.2) is 0 Å². The lowest BCUT2D eigenvalue weighted by atomic mass is 10.4. The van der Waals surface area contributed by atoms with Gasteiger partial charge in [0.2, 0.25) is 0 Å². The SMILES string of the molecule is CCS(=O)(=O)O.Clc1ccccc1. The molecular weight excluding hydrogens is 212 g/mol. The Morgan fingerprint density at radius 1 is 1.31 bits per heavy atom. The number of hydrogen-bond acceptors (Lipinski definition) is 2. The van der Waals surface area contributed by atoms with Gasteiger partial charge in [0.05, 0.1) is 5.75 Å². The molecule has 3 nitrogen and oxygen atoms in total. The van der Waals surface area contributed by atoms with Crippen LogP contribution in [0.15, 0.2) is 30.3 Å². The highest BCUT2D eigenvalue weighted by atomic mass is 35.5. The topological polar surface area (TPSA) is 54.4 Å². The van der Waals surface area contributed by atoms with Crippen LogP contribution < -0.4 is 0 Å². The Morgan fingerprint density at radius 3 is 1.85 bits per heavy atom. The van der Waals surface area contributed by atoms with Gasteiger partial charge in [-0.3, -0.25) is 4.55 Å². The molecule has 0 radical (unpaired) electrons. The molecule has 0 atom stereocenters. The van der Waals surface area contributed by atoms with Gasteiger partial charge in [0.25, 0.3) is 10.1 Å². The van der Waals surface area contributed by atoms with Gasteiger partial charge < -0.3 is 0 Å². The second-order valence-electron chi connectivity index (χ2n) is 2.17. The summed E-state index contributed by atoms with van der Waals surface area (Å²) in [6.45, 7) is 1.37. The normalized spacial score (nSPS) is 10.1. The first-order valence-corrected chi connectivity index (χ1v) is 5.60. The zero-order chi connectivity index (χ0) is 10.3. The first-order chi connectivity index (χ1) is 5.95. The maximum absolute atomic E-state index is 9.56. The minimum Gasteiger partial charge on any atom is -0.286 e. The largest absolute Gasteiger partial charge is 0.286 e. The van der Waals surface area contributed by atoms with E-state index in [2.05, 4.69) is 0 Å². The number of rotatable bonds is 1. The molecule has 1 N–H and O–H groups in total. The molecule has 1 aromatic rings. The summed E-state index contributed by atoms with van der Waals surface area (Å²) in [5.41, 5.74) is 0. The van der Waals surface area contributed by atoms with Crippen LogP contribution in [0.2, 0.25) is 5.02 Å². The lowest BCUT2D eigenvalue weighted by Gasteiger charge is -1.80. The molecule has 0 fully saturated rings. The summed E-state index contributed by atoms with van der Waals surface area (Å²) < 4.78 is 26.9. The average molecular weight is 223 g/mol. The van der Waals surface area contributed by atoms with Crippen LogP contribution in [0.25, 0.3) is 0 Å². The van der Waals surface area contributed by atoms with Crippen molar-refractivity contribution in [2.45, 2.75) is 6.92 Å². The van der Waals surface area contributed by atoms with Crippen LogP contribution in [0, 0.1) is 0 Å². The summed E-state index contributed by atoms with van der Waals surface area (Å²) in [5, 5.41) is 0.794. The van der Waals surface area contributed by atoms with E-state index in [1.54, 1.807) is 0 Å². The lowest BCUT2D eigenvalue weighted by molar-refractivity contribution is 0.484. The predicted molar refractivity (Wildman–Crippen MR) is 53.5 cm³/mol. The number of halogens is 1. The van der Waals surface area contributed by atoms with E-state index >= 15 is 0 Å². The molecule has 0 heterocycles. The van der Waals surface area contributed by atoms with Crippen molar-refractivity contribution in [1.82, 2.24) is 0 Å². The van der Waals surface area contributed by atoms with Crippen LogP contribution in [0.5, 0.6) is 0 Å². The minimum absolute atomic E-state index is 0.201.